The van der Waals surface area contributed by atoms with Gasteiger partial charge in [0.2, 0.25) is 5.95 Å². The number of methoxy groups -OCH3 is 1. The molecule has 98 valence electrons. The molecule has 4 heteroatoms. The molecule has 1 heterocycles. The Morgan fingerprint density at radius 2 is 2.18 bits per heavy atom. The predicted octanol–water partition coefficient (Wildman–Crippen LogP) is 2.94. The number of ether oxygens (including phenoxy) is 1. The molecule has 1 aromatic heterocycles. The third kappa shape index (κ3) is 4.77. The molecule has 0 aliphatic rings. The van der Waals surface area contributed by atoms with Gasteiger partial charge in [-0.3, -0.25) is 0 Å². The van der Waals surface area contributed by atoms with Crippen LogP contribution in [-0.4, -0.2) is 29.8 Å². The van der Waals surface area contributed by atoms with Gasteiger partial charge in [0.15, 0.2) is 0 Å². The van der Waals surface area contributed by atoms with Gasteiger partial charge in [0.1, 0.15) is 0 Å². The fourth-order valence-electron chi connectivity index (χ4n) is 2.02. The van der Waals surface area contributed by atoms with Gasteiger partial charge in [0, 0.05) is 38.7 Å². The second-order valence-corrected chi connectivity index (χ2v) is 4.91. The van der Waals surface area contributed by atoms with Crippen LogP contribution in [-0.2, 0) is 4.74 Å². The minimum absolute atomic E-state index is 0.488. The first-order valence-electron chi connectivity index (χ1n) is 6.40. The van der Waals surface area contributed by atoms with E-state index >= 15 is 0 Å². The van der Waals surface area contributed by atoms with E-state index in [1.54, 1.807) is 7.11 Å². The number of nitrogens with zero attached hydrogens (tertiary/aromatic N) is 2. The van der Waals surface area contributed by atoms with Crippen molar-refractivity contribution < 1.29 is 4.74 Å². The number of rotatable bonds is 8. The van der Waals surface area contributed by atoms with Crippen molar-refractivity contribution in [3.8, 4) is 0 Å². The maximum atomic E-state index is 5.02. The molecule has 0 aliphatic heterocycles. The quantitative estimate of drug-likeness (QED) is 0.709. The van der Waals surface area contributed by atoms with Gasteiger partial charge in [-0.15, -0.1) is 0 Å². The second kappa shape index (κ2) is 7.33. The molecule has 0 bridgehead atoms. The third-order valence-corrected chi connectivity index (χ3v) is 2.76. The molecule has 1 N–H and O–H groups in total. The van der Waals surface area contributed by atoms with Crippen molar-refractivity contribution in [1.29, 1.82) is 0 Å². The van der Waals surface area contributed by atoms with Crippen LogP contribution in [0.4, 0.5) is 5.95 Å². The minimum atomic E-state index is 0.488. The zero-order chi connectivity index (χ0) is 12.7. The standard InChI is InChI=1S/C13H25N3O/c1-11(2)10-12(3)16-8-7-15-13(16)14-6-5-9-17-4/h7-8,11-12H,5-6,9-10H2,1-4H3,(H,14,15). The Hall–Kier alpha value is -1.03. The molecular weight excluding hydrogens is 214 g/mol. The summed E-state index contributed by atoms with van der Waals surface area (Å²) in [5.41, 5.74) is 0. The summed E-state index contributed by atoms with van der Waals surface area (Å²) in [6.45, 7) is 8.43. The Morgan fingerprint density at radius 3 is 2.82 bits per heavy atom. The van der Waals surface area contributed by atoms with Crippen molar-refractivity contribution >= 4 is 5.95 Å². The highest BCUT2D eigenvalue weighted by molar-refractivity contribution is 5.26. The van der Waals surface area contributed by atoms with Crippen molar-refractivity contribution in [2.75, 3.05) is 25.6 Å². The summed E-state index contributed by atoms with van der Waals surface area (Å²) in [6, 6.07) is 0.488. The van der Waals surface area contributed by atoms with Crippen molar-refractivity contribution in [1.82, 2.24) is 9.55 Å². The van der Waals surface area contributed by atoms with Crippen LogP contribution in [0.25, 0.3) is 0 Å². The summed E-state index contributed by atoms with van der Waals surface area (Å²) in [5, 5.41) is 3.35. The van der Waals surface area contributed by atoms with Gasteiger partial charge >= 0.3 is 0 Å². The first-order chi connectivity index (χ1) is 8.15. The van der Waals surface area contributed by atoms with Crippen molar-refractivity contribution in [3.63, 3.8) is 0 Å². The number of nitrogens with one attached hydrogen (secondary N) is 1. The molecule has 0 aromatic carbocycles. The summed E-state index contributed by atoms with van der Waals surface area (Å²) >= 11 is 0. The van der Waals surface area contributed by atoms with E-state index in [1.807, 2.05) is 12.4 Å². The van der Waals surface area contributed by atoms with Crippen LogP contribution < -0.4 is 5.32 Å². The fourth-order valence-corrected chi connectivity index (χ4v) is 2.02. The molecule has 1 unspecified atom stereocenters. The monoisotopic (exact) mass is 239 g/mol. The molecular formula is C13H25N3O. The molecule has 17 heavy (non-hydrogen) atoms. The van der Waals surface area contributed by atoms with E-state index in [4.69, 9.17) is 4.74 Å². The summed E-state index contributed by atoms with van der Waals surface area (Å²) in [7, 11) is 1.73. The van der Waals surface area contributed by atoms with E-state index in [2.05, 4.69) is 35.6 Å². The number of imidazole rings is 1. The average molecular weight is 239 g/mol. The zero-order valence-electron chi connectivity index (χ0n) is 11.4. The van der Waals surface area contributed by atoms with Crippen molar-refractivity contribution in [2.45, 2.75) is 39.7 Å². The van der Waals surface area contributed by atoms with Crippen LogP contribution in [0.3, 0.4) is 0 Å². The molecule has 0 radical (unpaired) electrons. The van der Waals surface area contributed by atoms with Gasteiger partial charge in [-0.2, -0.15) is 0 Å². The molecule has 1 rings (SSSR count). The van der Waals surface area contributed by atoms with Crippen LogP contribution in [0.2, 0.25) is 0 Å². The zero-order valence-corrected chi connectivity index (χ0v) is 11.4. The molecule has 0 fully saturated rings. The highest BCUT2D eigenvalue weighted by atomic mass is 16.5. The smallest absolute Gasteiger partial charge is 0.203 e. The number of aromatic nitrogens is 2. The molecule has 1 atom stereocenters. The predicted molar refractivity (Wildman–Crippen MR) is 71.4 cm³/mol. The molecule has 0 saturated heterocycles. The van der Waals surface area contributed by atoms with Gasteiger partial charge in [-0.25, -0.2) is 4.98 Å². The van der Waals surface area contributed by atoms with Crippen molar-refractivity contribution in [3.05, 3.63) is 12.4 Å². The highest BCUT2D eigenvalue weighted by Gasteiger charge is 2.10. The van der Waals surface area contributed by atoms with E-state index in [0.29, 0.717) is 12.0 Å². The summed E-state index contributed by atoms with van der Waals surface area (Å²) in [4.78, 5) is 4.35. The fraction of sp³-hybridized carbons (Fsp3) is 0.769. The van der Waals surface area contributed by atoms with Gasteiger partial charge in [0.25, 0.3) is 0 Å². The van der Waals surface area contributed by atoms with Crippen LogP contribution in [0.15, 0.2) is 12.4 Å². The Morgan fingerprint density at radius 1 is 1.41 bits per heavy atom. The summed E-state index contributed by atoms with van der Waals surface area (Å²) in [6.07, 6.45) is 6.08. The van der Waals surface area contributed by atoms with Crippen LogP contribution in [0.1, 0.15) is 39.7 Å². The SMILES string of the molecule is COCCCNc1nccn1C(C)CC(C)C. The van der Waals surface area contributed by atoms with E-state index < -0.39 is 0 Å². The third-order valence-electron chi connectivity index (χ3n) is 2.76. The van der Waals surface area contributed by atoms with E-state index in [-0.39, 0.29) is 0 Å². The minimum Gasteiger partial charge on any atom is -0.385 e. The lowest BCUT2D eigenvalue weighted by atomic mass is 10.1. The molecule has 0 spiro atoms. The Labute approximate surface area is 104 Å². The lowest BCUT2D eigenvalue weighted by Crippen LogP contribution is -2.14. The lowest BCUT2D eigenvalue weighted by molar-refractivity contribution is 0.197. The highest BCUT2D eigenvalue weighted by Crippen LogP contribution is 2.20. The molecule has 0 aliphatic carbocycles. The lowest BCUT2D eigenvalue weighted by Gasteiger charge is -2.18. The normalized spacial score (nSPS) is 13.0. The van der Waals surface area contributed by atoms with E-state index in [9.17, 15) is 0 Å². The van der Waals surface area contributed by atoms with Gasteiger partial charge < -0.3 is 14.6 Å². The van der Waals surface area contributed by atoms with Crippen molar-refractivity contribution in [2.24, 2.45) is 5.92 Å². The molecule has 4 nitrogen and oxygen atoms in total. The first kappa shape index (κ1) is 14.0. The van der Waals surface area contributed by atoms with E-state index in [0.717, 1.165) is 25.5 Å². The maximum Gasteiger partial charge on any atom is 0.203 e. The largest absolute Gasteiger partial charge is 0.385 e. The first-order valence-corrected chi connectivity index (χ1v) is 6.40. The topological polar surface area (TPSA) is 39.1 Å². The molecule has 1 aromatic rings. The second-order valence-electron chi connectivity index (χ2n) is 4.91. The van der Waals surface area contributed by atoms with Gasteiger partial charge in [-0.05, 0) is 25.7 Å². The van der Waals surface area contributed by atoms with Crippen LogP contribution in [0.5, 0.6) is 0 Å². The summed E-state index contributed by atoms with van der Waals surface area (Å²) < 4.78 is 7.24. The van der Waals surface area contributed by atoms with E-state index in [1.165, 1.54) is 6.42 Å². The molecule has 0 amide bonds. The maximum absolute atomic E-state index is 5.02. The number of hydrogen-bond acceptors (Lipinski definition) is 3. The number of anilines is 1. The Bertz CT molecular complexity index is 309. The number of hydrogen-bond donors (Lipinski definition) is 1. The Balaban J connectivity index is 2.47. The van der Waals surface area contributed by atoms with Crippen LogP contribution >= 0.6 is 0 Å². The average Bonchev–Trinajstić information content (AvgIpc) is 2.71. The van der Waals surface area contributed by atoms with Gasteiger partial charge in [-0.1, -0.05) is 13.8 Å². The molecule has 0 saturated carbocycles. The van der Waals surface area contributed by atoms with Crippen LogP contribution in [0, 0.1) is 5.92 Å². The Kier molecular flexibility index (Phi) is 6.05. The summed E-state index contributed by atoms with van der Waals surface area (Å²) in [5.74, 6) is 1.67. The van der Waals surface area contributed by atoms with Gasteiger partial charge in [0.05, 0.1) is 0 Å².